The molecular formula is C22H27FN4O2. The highest BCUT2D eigenvalue weighted by Gasteiger charge is 2.33. The number of hydrogen-bond donors (Lipinski definition) is 3. The van der Waals surface area contributed by atoms with Gasteiger partial charge in [0.15, 0.2) is 0 Å². The van der Waals surface area contributed by atoms with Crippen LogP contribution in [0, 0.1) is 11.7 Å². The Hall–Kier alpha value is -2.32. The van der Waals surface area contributed by atoms with Crippen LogP contribution < -0.4 is 16.2 Å². The molecule has 0 saturated carbocycles. The second-order valence-electron chi connectivity index (χ2n) is 7.54. The maximum Gasteiger partial charge on any atom is 0.226 e. The van der Waals surface area contributed by atoms with E-state index in [1.54, 1.807) is 12.1 Å². The fourth-order valence-electron chi connectivity index (χ4n) is 3.92. The Kier molecular flexibility index (Phi) is 6.51. The van der Waals surface area contributed by atoms with E-state index in [0.717, 1.165) is 44.0 Å². The van der Waals surface area contributed by atoms with Crippen LogP contribution in [0.3, 0.4) is 0 Å². The molecule has 2 aromatic carbocycles. The van der Waals surface area contributed by atoms with E-state index in [4.69, 9.17) is 4.74 Å². The molecule has 2 unspecified atom stereocenters. The van der Waals surface area contributed by atoms with Crippen molar-refractivity contribution in [3.05, 3.63) is 71.0 Å². The average Bonchev–Trinajstić information content (AvgIpc) is 3.24. The number of hydrogen-bond acceptors (Lipinski definition) is 5. The lowest BCUT2D eigenvalue weighted by Gasteiger charge is -2.27. The Morgan fingerprint density at radius 2 is 1.83 bits per heavy atom. The van der Waals surface area contributed by atoms with Crippen LogP contribution in [0.5, 0.6) is 0 Å². The second-order valence-corrected chi connectivity index (χ2v) is 7.54. The van der Waals surface area contributed by atoms with E-state index in [-0.39, 0.29) is 23.7 Å². The summed E-state index contributed by atoms with van der Waals surface area (Å²) in [4.78, 5) is 15.3. The van der Waals surface area contributed by atoms with E-state index >= 15 is 0 Å². The number of hydrazine groups is 1. The van der Waals surface area contributed by atoms with Gasteiger partial charge in [-0.3, -0.25) is 15.1 Å². The minimum Gasteiger partial charge on any atom is -0.379 e. The molecule has 2 heterocycles. The number of nitrogens with zero attached hydrogens (tertiary/aromatic N) is 1. The lowest BCUT2D eigenvalue weighted by molar-refractivity contribution is -0.125. The zero-order valence-electron chi connectivity index (χ0n) is 16.4. The number of carbonyl (C=O) groups is 1. The molecule has 0 aliphatic carbocycles. The third-order valence-corrected chi connectivity index (χ3v) is 5.62. The molecule has 1 amide bonds. The fraction of sp³-hybridized carbons (Fsp3) is 0.409. The topological polar surface area (TPSA) is 65.6 Å². The van der Waals surface area contributed by atoms with Gasteiger partial charge < -0.3 is 10.1 Å². The summed E-state index contributed by atoms with van der Waals surface area (Å²) in [5.41, 5.74) is 9.44. The molecule has 2 aliphatic heterocycles. The molecule has 2 aliphatic rings. The molecule has 2 fully saturated rings. The van der Waals surface area contributed by atoms with Gasteiger partial charge in [-0.1, -0.05) is 36.4 Å². The maximum atomic E-state index is 13.2. The summed E-state index contributed by atoms with van der Waals surface area (Å²) >= 11 is 0. The van der Waals surface area contributed by atoms with E-state index < -0.39 is 0 Å². The first-order chi connectivity index (χ1) is 14.2. The van der Waals surface area contributed by atoms with Crippen LogP contribution in [0.25, 0.3) is 0 Å². The van der Waals surface area contributed by atoms with E-state index in [2.05, 4.69) is 33.2 Å². The lowest BCUT2D eigenvalue weighted by Crippen LogP contribution is -2.37. The van der Waals surface area contributed by atoms with Crippen molar-refractivity contribution in [1.82, 2.24) is 21.1 Å². The number of halogens is 1. The highest BCUT2D eigenvalue weighted by Crippen LogP contribution is 2.25. The summed E-state index contributed by atoms with van der Waals surface area (Å²) in [6.45, 7) is 5.28. The predicted molar refractivity (Wildman–Crippen MR) is 108 cm³/mol. The fourth-order valence-corrected chi connectivity index (χ4v) is 3.92. The number of benzene rings is 2. The first kappa shape index (κ1) is 20.0. The molecule has 2 atom stereocenters. The Morgan fingerprint density at radius 3 is 2.59 bits per heavy atom. The minimum absolute atomic E-state index is 0.0157. The molecular weight excluding hydrogens is 371 g/mol. The first-order valence-corrected chi connectivity index (χ1v) is 10.1. The van der Waals surface area contributed by atoms with Crippen molar-refractivity contribution in [2.45, 2.75) is 19.1 Å². The number of carbonyl (C=O) groups excluding carboxylic acids is 1. The van der Waals surface area contributed by atoms with Crippen molar-refractivity contribution >= 4 is 5.91 Å². The van der Waals surface area contributed by atoms with Crippen LogP contribution in [0.1, 0.15) is 22.7 Å². The zero-order valence-corrected chi connectivity index (χ0v) is 16.4. The molecule has 3 N–H and O–H groups in total. The van der Waals surface area contributed by atoms with Crippen LogP contribution in [0.4, 0.5) is 4.39 Å². The van der Waals surface area contributed by atoms with E-state index in [1.165, 1.54) is 17.7 Å². The van der Waals surface area contributed by atoms with Gasteiger partial charge >= 0.3 is 0 Å². The van der Waals surface area contributed by atoms with Gasteiger partial charge in [0.2, 0.25) is 5.91 Å². The lowest BCUT2D eigenvalue weighted by atomic mass is 9.94. The van der Waals surface area contributed by atoms with Crippen molar-refractivity contribution in [3.8, 4) is 0 Å². The van der Waals surface area contributed by atoms with Crippen LogP contribution >= 0.6 is 0 Å². The summed E-state index contributed by atoms with van der Waals surface area (Å²) in [5.74, 6) is -0.553. The van der Waals surface area contributed by atoms with Crippen molar-refractivity contribution in [2.75, 3.05) is 32.8 Å². The number of ether oxygens (including phenoxy) is 1. The van der Waals surface area contributed by atoms with Crippen LogP contribution in [-0.2, 0) is 22.6 Å². The van der Waals surface area contributed by atoms with Crippen molar-refractivity contribution in [3.63, 3.8) is 0 Å². The molecule has 7 heteroatoms. The standard InChI is InChI=1S/C22H27FN4O2/c23-19-7-5-16(6-8-19)21-20(14-25-26-21)22(28)24-13-17-3-1-2-4-18(17)15-27-9-11-29-12-10-27/h1-8,20-21,25-26H,9-15H2,(H,24,28). The van der Waals surface area contributed by atoms with Crippen molar-refractivity contribution in [1.29, 1.82) is 0 Å². The van der Waals surface area contributed by atoms with Gasteiger partial charge in [-0.2, -0.15) is 0 Å². The van der Waals surface area contributed by atoms with E-state index in [0.29, 0.717) is 13.1 Å². The number of amides is 1. The summed E-state index contributed by atoms with van der Waals surface area (Å²) in [6.07, 6.45) is 0. The second kappa shape index (κ2) is 9.45. The van der Waals surface area contributed by atoms with Gasteiger partial charge in [-0.05, 0) is 28.8 Å². The third kappa shape index (κ3) is 5.00. The number of morpholine rings is 1. The molecule has 4 rings (SSSR count). The smallest absolute Gasteiger partial charge is 0.226 e. The van der Waals surface area contributed by atoms with Crippen molar-refractivity contribution in [2.24, 2.45) is 5.92 Å². The number of rotatable bonds is 6. The van der Waals surface area contributed by atoms with Crippen LogP contribution in [0.15, 0.2) is 48.5 Å². The molecule has 0 aromatic heterocycles. The van der Waals surface area contributed by atoms with Crippen molar-refractivity contribution < 1.29 is 13.9 Å². The van der Waals surface area contributed by atoms with E-state index in [1.807, 2.05) is 12.1 Å². The zero-order chi connectivity index (χ0) is 20.1. The highest BCUT2D eigenvalue weighted by atomic mass is 19.1. The SMILES string of the molecule is O=C(NCc1ccccc1CN1CCOCC1)C1CNNC1c1ccc(F)cc1. The first-order valence-electron chi connectivity index (χ1n) is 10.1. The van der Waals surface area contributed by atoms with Gasteiger partial charge in [-0.15, -0.1) is 0 Å². The highest BCUT2D eigenvalue weighted by molar-refractivity contribution is 5.80. The average molecular weight is 398 g/mol. The van der Waals surface area contributed by atoms with E-state index in [9.17, 15) is 9.18 Å². The summed E-state index contributed by atoms with van der Waals surface area (Å²) in [5, 5.41) is 3.09. The van der Waals surface area contributed by atoms with Gasteiger partial charge in [0.1, 0.15) is 5.82 Å². The monoisotopic (exact) mass is 398 g/mol. The Labute approximate surface area is 170 Å². The van der Waals surface area contributed by atoms with Gasteiger partial charge in [0.05, 0.1) is 25.2 Å². The molecule has 29 heavy (non-hydrogen) atoms. The van der Waals surface area contributed by atoms with Gasteiger partial charge in [-0.25, -0.2) is 9.82 Å². The summed E-state index contributed by atoms with van der Waals surface area (Å²) in [7, 11) is 0. The normalized spacial score (nSPS) is 22.5. The maximum absolute atomic E-state index is 13.2. The molecule has 6 nitrogen and oxygen atoms in total. The third-order valence-electron chi connectivity index (χ3n) is 5.62. The van der Waals surface area contributed by atoms with Gasteiger partial charge in [0, 0.05) is 32.7 Å². The molecule has 154 valence electrons. The molecule has 0 bridgehead atoms. The number of nitrogens with one attached hydrogen (secondary N) is 3. The van der Waals surface area contributed by atoms with Gasteiger partial charge in [0.25, 0.3) is 0 Å². The summed E-state index contributed by atoms with van der Waals surface area (Å²) in [6, 6.07) is 14.3. The molecule has 2 aromatic rings. The molecule has 0 spiro atoms. The van der Waals surface area contributed by atoms with Crippen LogP contribution in [-0.4, -0.2) is 43.7 Å². The largest absolute Gasteiger partial charge is 0.379 e. The molecule has 2 saturated heterocycles. The van der Waals surface area contributed by atoms with Crippen LogP contribution in [0.2, 0.25) is 0 Å². The quantitative estimate of drug-likeness (QED) is 0.692. The molecule has 0 radical (unpaired) electrons. The Bertz CT molecular complexity index is 824. The Balaban J connectivity index is 1.38. The predicted octanol–water partition coefficient (Wildman–Crippen LogP) is 1.74. The minimum atomic E-state index is -0.280. The summed E-state index contributed by atoms with van der Waals surface area (Å²) < 4.78 is 18.6. The Morgan fingerprint density at radius 1 is 1.10 bits per heavy atom.